The van der Waals surface area contributed by atoms with Crippen LogP contribution in [0.3, 0.4) is 0 Å². The van der Waals surface area contributed by atoms with Crippen LogP contribution >= 0.6 is 0 Å². The predicted octanol–water partition coefficient (Wildman–Crippen LogP) is 1.09. The number of aryl methyl sites for hydroxylation is 2. The van der Waals surface area contributed by atoms with E-state index in [2.05, 4.69) is 5.32 Å². The molecule has 8 nitrogen and oxygen atoms in total. The summed E-state index contributed by atoms with van der Waals surface area (Å²) in [5.74, 6) is 0.678. The van der Waals surface area contributed by atoms with E-state index in [-0.39, 0.29) is 18.9 Å². The quantitative estimate of drug-likeness (QED) is 0.406. The van der Waals surface area contributed by atoms with Crippen LogP contribution in [0.4, 0.5) is 0 Å². The van der Waals surface area contributed by atoms with E-state index in [1.165, 1.54) is 0 Å². The van der Waals surface area contributed by atoms with Gasteiger partial charge in [-0.1, -0.05) is 18.2 Å². The molecule has 0 aliphatic carbocycles. The molecule has 2 aromatic carbocycles. The SMILES string of the molecule is Cn1c(=O)n(C)c2cc([C@H](O)COc3ccc(CNCCOCCO)cc3)ccc21. The number of rotatable bonds is 11. The molecule has 162 valence electrons. The molecule has 0 fully saturated rings. The van der Waals surface area contributed by atoms with Crippen LogP contribution in [-0.4, -0.2) is 52.3 Å². The fourth-order valence-electron chi connectivity index (χ4n) is 3.25. The zero-order chi connectivity index (χ0) is 21.5. The van der Waals surface area contributed by atoms with Crippen molar-refractivity contribution < 1.29 is 19.7 Å². The smallest absolute Gasteiger partial charge is 0.328 e. The van der Waals surface area contributed by atoms with Crippen LogP contribution in [0, 0.1) is 0 Å². The number of hydrogen-bond donors (Lipinski definition) is 3. The largest absolute Gasteiger partial charge is 0.491 e. The minimum Gasteiger partial charge on any atom is -0.491 e. The lowest BCUT2D eigenvalue weighted by Crippen LogP contribution is -2.20. The summed E-state index contributed by atoms with van der Waals surface area (Å²) < 4.78 is 14.1. The van der Waals surface area contributed by atoms with Crippen molar-refractivity contribution in [1.29, 1.82) is 0 Å². The number of ether oxygens (including phenoxy) is 2. The standard InChI is InChI=1S/C22H29N3O5/c1-24-19-8-5-17(13-20(19)25(2)22(24)28)21(27)15-30-18-6-3-16(4-7-18)14-23-9-11-29-12-10-26/h3-8,13,21,23,26-27H,9-12,14-15H2,1-2H3/t21-/m1/s1. The summed E-state index contributed by atoms with van der Waals surface area (Å²) in [6.07, 6.45) is -0.801. The van der Waals surface area contributed by atoms with Gasteiger partial charge in [0.1, 0.15) is 18.5 Å². The molecule has 3 N–H and O–H groups in total. The molecule has 8 heteroatoms. The topological polar surface area (TPSA) is 97.9 Å². The summed E-state index contributed by atoms with van der Waals surface area (Å²) >= 11 is 0. The van der Waals surface area contributed by atoms with E-state index in [4.69, 9.17) is 14.6 Å². The fraction of sp³-hybridized carbons (Fsp3) is 0.409. The molecular weight excluding hydrogens is 386 g/mol. The molecule has 0 unspecified atom stereocenters. The molecule has 0 bridgehead atoms. The first-order chi connectivity index (χ1) is 14.5. The summed E-state index contributed by atoms with van der Waals surface area (Å²) in [5, 5.41) is 22.4. The van der Waals surface area contributed by atoms with E-state index in [1.807, 2.05) is 42.5 Å². The van der Waals surface area contributed by atoms with Crippen molar-refractivity contribution in [3.63, 3.8) is 0 Å². The van der Waals surface area contributed by atoms with Crippen molar-refractivity contribution in [1.82, 2.24) is 14.5 Å². The van der Waals surface area contributed by atoms with Gasteiger partial charge in [-0.25, -0.2) is 4.79 Å². The molecule has 0 amide bonds. The van der Waals surface area contributed by atoms with Crippen LogP contribution in [0.25, 0.3) is 11.0 Å². The number of aliphatic hydroxyl groups excluding tert-OH is 2. The van der Waals surface area contributed by atoms with E-state index in [9.17, 15) is 9.90 Å². The Morgan fingerprint density at radius 1 is 1.03 bits per heavy atom. The van der Waals surface area contributed by atoms with Crippen LogP contribution < -0.4 is 15.7 Å². The van der Waals surface area contributed by atoms with E-state index in [0.717, 1.165) is 16.6 Å². The van der Waals surface area contributed by atoms with Gasteiger partial charge in [0.25, 0.3) is 0 Å². The molecule has 30 heavy (non-hydrogen) atoms. The minimum atomic E-state index is -0.801. The Morgan fingerprint density at radius 3 is 2.50 bits per heavy atom. The molecular formula is C22H29N3O5. The Balaban J connectivity index is 1.51. The summed E-state index contributed by atoms with van der Waals surface area (Å²) in [4.78, 5) is 12.1. The first kappa shape index (κ1) is 22.0. The number of nitrogens with one attached hydrogen (secondary N) is 1. The summed E-state index contributed by atoms with van der Waals surface area (Å²) in [6, 6.07) is 13.2. The monoisotopic (exact) mass is 415 g/mol. The normalized spacial score (nSPS) is 12.4. The number of aliphatic hydroxyl groups is 2. The minimum absolute atomic E-state index is 0.0384. The average molecular weight is 415 g/mol. The maximum atomic E-state index is 12.1. The number of benzene rings is 2. The van der Waals surface area contributed by atoms with Gasteiger partial charge in [-0.3, -0.25) is 9.13 Å². The van der Waals surface area contributed by atoms with Crippen molar-refractivity contribution >= 4 is 11.0 Å². The maximum absolute atomic E-state index is 12.1. The van der Waals surface area contributed by atoms with E-state index >= 15 is 0 Å². The summed E-state index contributed by atoms with van der Waals surface area (Å²) in [7, 11) is 3.45. The van der Waals surface area contributed by atoms with Crippen LogP contribution in [0.2, 0.25) is 0 Å². The van der Waals surface area contributed by atoms with Gasteiger partial charge in [0, 0.05) is 27.2 Å². The molecule has 1 heterocycles. The van der Waals surface area contributed by atoms with Gasteiger partial charge < -0.3 is 25.0 Å². The number of aromatic nitrogens is 2. The van der Waals surface area contributed by atoms with Gasteiger partial charge in [-0.15, -0.1) is 0 Å². The molecule has 0 aliphatic rings. The van der Waals surface area contributed by atoms with Gasteiger partial charge >= 0.3 is 5.69 Å². The maximum Gasteiger partial charge on any atom is 0.328 e. The van der Waals surface area contributed by atoms with E-state index in [0.29, 0.717) is 37.6 Å². The van der Waals surface area contributed by atoms with E-state index < -0.39 is 6.10 Å². The van der Waals surface area contributed by atoms with Crippen LogP contribution in [0.15, 0.2) is 47.3 Å². The number of fused-ring (bicyclic) bond motifs is 1. The van der Waals surface area contributed by atoms with Crippen molar-refractivity contribution in [3.05, 3.63) is 64.1 Å². The Bertz CT molecular complexity index is 1010. The van der Waals surface area contributed by atoms with Gasteiger partial charge in [-0.05, 0) is 35.4 Å². The molecule has 3 aromatic rings. The lowest BCUT2D eigenvalue weighted by molar-refractivity contribution is 0.0938. The molecule has 0 spiro atoms. The third-order valence-electron chi connectivity index (χ3n) is 5.00. The zero-order valence-electron chi connectivity index (χ0n) is 17.4. The first-order valence-corrected chi connectivity index (χ1v) is 9.95. The Morgan fingerprint density at radius 2 is 1.77 bits per heavy atom. The Hall–Kier alpha value is -2.65. The van der Waals surface area contributed by atoms with Crippen molar-refractivity contribution in [2.24, 2.45) is 14.1 Å². The molecule has 0 saturated carbocycles. The zero-order valence-corrected chi connectivity index (χ0v) is 17.4. The van der Waals surface area contributed by atoms with Gasteiger partial charge in [-0.2, -0.15) is 0 Å². The number of imidazole rings is 1. The number of hydrogen-bond acceptors (Lipinski definition) is 6. The molecule has 0 aliphatic heterocycles. The lowest BCUT2D eigenvalue weighted by atomic mass is 10.1. The highest BCUT2D eigenvalue weighted by Crippen LogP contribution is 2.21. The Labute approximate surface area is 175 Å². The lowest BCUT2D eigenvalue weighted by Gasteiger charge is -2.14. The van der Waals surface area contributed by atoms with Gasteiger partial charge in [0.2, 0.25) is 0 Å². The molecule has 0 radical (unpaired) electrons. The second kappa shape index (κ2) is 10.4. The van der Waals surface area contributed by atoms with Crippen LogP contribution in [0.1, 0.15) is 17.2 Å². The number of nitrogens with zero attached hydrogens (tertiary/aromatic N) is 2. The van der Waals surface area contributed by atoms with Crippen LogP contribution in [-0.2, 0) is 25.4 Å². The molecule has 3 rings (SSSR count). The molecule has 0 saturated heterocycles. The summed E-state index contributed by atoms with van der Waals surface area (Å²) in [6.45, 7) is 2.49. The third kappa shape index (κ3) is 5.28. The highest BCUT2D eigenvalue weighted by molar-refractivity contribution is 5.76. The van der Waals surface area contributed by atoms with Gasteiger partial charge in [0.05, 0.1) is 30.9 Å². The van der Waals surface area contributed by atoms with Crippen LogP contribution in [0.5, 0.6) is 5.75 Å². The predicted molar refractivity (Wildman–Crippen MR) is 115 cm³/mol. The second-order valence-electron chi connectivity index (χ2n) is 7.13. The van der Waals surface area contributed by atoms with Crippen molar-refractivity contribution in [2.45, 2.75) is 12.6 Å². The highest BCUT2D eigenvalue weighted by Gasteiger charge is 2.13. The van der Waals surface area contributed by atoms with Gasteiger partial charge in [0.15, 0.2) is 0 Å². The molecule has 1 atom stereocenters. The highest BCUT2D eigenvalue weighted by atomic mass is 16.5. The first-order valence-electron chi connectivity index (χ1n) is 9.95. The molecule has 1 aromatic heterocycles. The van der Waals surface area contributed by atoms with Crippen molar-refractivity contribution in [3.8, 4) is 5.75 Å². The summed E-state index contributed by atoms with van der Waals surface area (Å²) in [5.41, 5.74) is 3.31. The Kier molecular flexibility index (Phi) is 7.64. The second-order valence-corrected chi connectivity index (χ2v) is 7.13. The van der Waals surface area contributed by atoms with Crippen molar-refractivity contribution in [2.75, 3.05) is 33.0 Å². The third-order valence-corrected chi connectivity index (χ3v) is 5.00. The average Bonchev–Trinajstić information content (AvgIpc) is 2.99. The van der Waals surface area contributed by atoms with E-state index in [1.54, 1.807) is 23.2 Å². The fourth-order valence-corrected chi connectivity index (χ4v) is 3.25.